The average molecular weight is 409 g/mol. The summed E-state index contributed by atoms with van der Waals surface area (Å²) in [6, 6.07) is 9.76. The first-order valence-electron chi connectivity index (χ1n) is 8.86. The Morgan fingerprint density at radius 1 is 1.14 bits per heavy atom. The van der Waals surface area contributed by atoms with Crippen molar-refractivity contribution in [1.29, 1.82) is 0 Å². The van der Waals surface area contributed by atoms with E-state index in [-0.39, 0.29) is 18.3 Å². The predicted octanol–water partition coefficient (Wildman–Crippen LogP) is 3.68. The minimum Gasteiger partial charge on any atom is -0.312 e. The smallest absolute Gasteiger partial charge is 0.312 e. The molecule has 1 aliphatic carbocycles. The Morgan fingerprint density at radius 3 is 2.43 bits per heavy atom. The number of imide groups is 1. The van der Waals surface area contributed by atoms with Crippen molar-refractivity contribution in [3.8, 4) is 0 Å². The van der Waals surface area contributed by atoms with Gasteiger partial charge < -0.3 is 5.32 Å². The van der Waals surface area contributed by atoms with Crippen LogP contribution >= 0.6 is 11.3 Å². The zero-order valence-corrected chi connectivity index (χ0v) is 15.6. The quantitative estimate of drug-likeness (QED) is 0.741. The molecule has 1 aromatic heterocycles. The summed E-state index contributed by atoms with van der Waals surface area (Å²) in [5.74, 6) is -1.28. The largest absolute Gasteiger partial charge is 0.425 e. The number of thiophene rings is 1. The Bertz CT molecular complexity index is 868. The molecule has 4 rings (SSSR count). The first-order valence-corrected chi connectivity index (χ1v) is 9.73. The SMILES string of the molecule is O=C1NC(c2ccccc2)(C(F)(F)F)C(=O)N1CN(Cc1cccs1)C1CC1. The number of nitrogens with zero attached hydrogens (tertiary/aromatic N) is 2. The van der Waals surface area contributed by atoms with E-state index in [2.05, 4.69) is 0 Å². The van der Waals surface area contributed by atoms with Crippen LogP contribution in [-0.2, 0) is 16.9 Å². The molecular formula is C19H18F3N3O2S. The zero-order chi connectivity index (χ0) is 19.9. The number of halogens is 3. The molecule has 1 aliphatic heterocycles. The standard InChI is InChI=1S/C19H18F3N3O2S/c20-19(21,22)18(13-5-2-1-3-6-13)16(26)25(17(27)23-18)12-24(14-8-9-14)11-15-7-4-10-28-15/h1-7,10,14H,8-9,11-12H2,(H,23,27). The number of urea groups is 1. The number of hydrogen-bond acceptors (Lipinski definition) is 4. The molecule has 2 heterocycles. The van der Waals surface area contributed by atoms with Crippen LogP contribution in [0, 0.1) is 0 Å². The van der Waals surface area contributed by atoms with Gasteiger partial charge in [-0.1, -0.05) is 36.4 Å². The number of benzene rings is 1. The number of carbonyl (C=O) groups excluding carboxylic acids is 2. The van der Waals surface area contributed by atoms with E-state index in [0.717, 1.165) is 17.7 Å². The third-order valence-electron chi connectivity index (χ3n) is 5.06. The van der Waals surface area contributed by atoms with Crippen molar-refractivity contribution in [2.75, 3.05) is 6.67 Å². The van der Waals surface area contributed by atoms with E-state index in [9.17, 15) is 22.8 Å². The summed E-state index contributed by atoms with van der Waals surface area (Å²) in [6.07, 6.45) is -3.16. The molecule has 28 heavy (non-hydrogen) atoms. The summed E-state index contributed by atoms with van der Waals surface area (Å²) < 4.78 is 42.1. The maximum absolute atomic E-state index is 14.0. The van der Waals surface area contributed by atoms with Crippen molar-refractivity contribution in [2.45, 2.75) is 37.1 Å². The molecule has 148 valence electrons. The number of alkyl halides is 3. The maximum Gasteiger partial charge on any atom is 0.425 e. The summed E-state index contributed by atoms with van der Waals surface area (Å²) >= 11 is 1.53. The molecule has 2 aromatic rings. The predicted molar refractivity (Wildman–Crippen MR) is 97.3 cm³/mol. The van der Waals surface area contributed by atoms with Crippen molar-refractivity contribution in [2.24, 2.45) is 0 Å². The second-order valence-electron chi connectivity index (χ2n) is 6.98. The van der Waals surface area contributed by atoms with Crippen LogP contribution in [-0.4, -0.2) is 40.6 Å². The van der Waals surface area contributed by atoms with Crippen molar-refractivity contribution >= 4 is 23.3 Å². The minimum absolute atomic E-state index is 0.167. The molecular weight excluding hydrogens is 391 g/mol. The lowest BCUT2D eigenvalue weighted by molar-refractivity contribution is -0.198. The van der Waals surface area contributed by atoms with Crippen LogP contribution in [0.3, 0.4) is 0 Å². The molecule has 0 radical (unpaired) electrons. The van der Waals surface area contributed by atoms with Gasteiger partial charge in [0, 0.05) is 17.5 Å². The van der Waals surface area contributed by atoms with Crippen molar-refractivity contribution < 1.29 is 22.8 Å². The summed E-state index contributed by atoms with van der Waals surface area (Å²) in [4.78, 5) is 29.0. The minimum atomic E-state index is -4.96. The highest BCUT2D eigenvalue weighted by Gasteiger charge is 2.68. The van der Waals surface area contributed by atoms with E-state index in [1.54, 1.807) is 6.07 Å². The third-order valence-corrected chi connectivity index (χ3v) is 5.92. The molecule has 5 nitrogen and oxygen atoms in total. The lowest BCUT2D eigenvalue weighted by atomic mass is 9.89. The highest BCUT2D eigenvalue weighted by molar-refractivity contribution is 7.09. The second kappa shape index (κ2) is 6.89. The van der Waals surface area contributed by atoms with Crippen LogP contribution in [0.25, 0.3) is 0 Å². The monoisotopic (exact) mass is 409 g/mol. The molecule has 9 heteroatoms. The highest BCUT2D eigenvalue weighted by Crippen LogP contribution is 2.43. The molecule has 1 saturated heterocycles. The lowest BCUT2D eigenvalue weighted by Gasteiger charge is -2.30. The molecule has 2 fully saturated rings. The van der Waals surface area contributed by atoms with E-state index in [4.69, 9.17) is 0 Å². The molecule has 1 unspecified atom stereocenters. The Balaban J connectivity index is 1.63. The Hall–Kier alpha value is -2.39. The van der Waals surface area contributed by atoms with E-state index < -0.39 is 23.7 Å². The van der Waals surface area contributed by atoms with Gasteiger partial charge in [-0.3, -0.25) is 9.69 Å². The van der Waals surface area contributed by atoms with Crippen LogP contribution in [0.15, 0.2) is 47.8 Å². The number of hydrogen-bond donors (Lipinski definition) is 1. The highest BCUT2D eigenvalue weighted by atomic mass is 32.1. The summed E-state index contributed by atoms with van der Waals surface area (Å²) in [7, 11) is 0. The number of rotatable bonds is 6. The second-order valence-corrected chi connectivity index (χ2v) is 8.01. The van der Waals surface area contributed by atoms with Gasteiger partial charge in [0.15, 0.2) is 0 Å². The number of carbonyl (C=O) groups is 2. The molecule has 0 bridgehead atoms. The summed E-state index contributed by atoms with van der Waals surface area (Å²) in [5.41, 5.74) is -3.34. The first-order chi connectivity index (χ1) is 13.3. The molecule has 1 aromatic carbocycles. The van der Waals surface area contributed by atoms with Gasteiger partial charge in [-0.05, 0) is 29.9 Å². The average Bonchev–Trinajstić information content (AvgIpc) is 3.32. The molecule has 1 N–H and O–H groups in total. The Morgan fingerprint density at radius 2 is 1.86 bits per heavy atom. The summed E-state index contributed by atoms with van der Waals surface area (Å²) in [5, 5.41) is 3.85. The lowest BCUT2D eigenvalue weighted by Crippen LogP contribution is -2.56. The summed E-state index contributed by atoms with van der Waals surface area (Å²) in [6.45, 7) is 0.321. The van der Waals surface area contributed by atoms with Crippen LogP contribution in [0.5, 0.6) is 0 Å². The van der Waals surface area contributed by atoms with Gasteiger partial charge in [0.25, 0.3) is 5.91 Å². The van der Waals surface area contributed by atoms with Gasteiger partial charge in [-0.2, -0.15) is 13.2 Å². The van der Waals surface area contributed by atoms with Gasteiger partial charge in [-0.15, -0.1) is 11.3 Å². The Kier molecular flexibility index (Phi) is 4.67. The van der Waals surface area contributed by atoms with Crippen LogP contribution in [0.4, 0.5) is 18.0 Å². The van der Waals surface area contributed by atoms with Gasteiger partial charge in [-0.25, -0.2) is 9.69 Å². The van der Waals surface area contributed by atoms with E-state index in [0.29, 0.717) is 11.4 Å². The van der Waals surface area contributed by atoms with Crippen molar-refractivity contribution in [1.82, 2.24) is 15.1 Å². The van der Waals surface area contributed by atoms with Gasteiger partial charge in [0.2, 0.25) is 5.54 Å². The van der Waals surface area contributed by atoms with E-state index in [1.165, 1.54) is 35.6 Å². The fourth-order valence-electron chi connectivity index (χ4n) is 3.46. The fourth-order valence-corrected chi connectivity index (χ4v) is 4.19. The van der Waals surface area contributed by atoms with Gasteiger partial charge in [0.05, 0.1) is 6.67 Å². The molecule has 1 saturated carbocycles. The third kappa shape index (κ3) is 3.18. The molecule has 3 amide bonds. The van der Waals surface area contributed by atoms with Crippen molar-refractivity contribution in [3.63, 3.8) is 0 Å². The topological polar surface area (TPSA) is 52.7 Å². The van der Waals surface area contributed by atoms with E-state index >= 15 is 0 Å². The molecule has 0 spiro atoms. The van der Waals surface area contributed by atoms with Gasteiger partial charge in [0.1, 0.15) is 0 Å². The number of nitrogens with one attached hydrogen (secondary N) is 1. The molecule has 2 aliphatic rings. The van der Waals surface area contributed by atoms with E-state index in [1.807, 2.05) is 27.7 Å². The van der Waals surface area contributed by atoms with Crippen molar-refractivity contribution in [3.05, 3.63) is 58.3 Å². The fraction of sp³-hybridized carbons (Fsp3) is 0.368. The van der Waals surface area contributed by atoms with Crippen LogP contribution in [0.2, 0.25) is 0 Å². The van der Waals surface area contributed by atoms with Crippen LogP contribution in [0.1, 0.15) is 23.3 Å². The van der Waals surface area contributed by atoms with Crippen LogP contribution < -0.4 is 5.32 Å². The number of amides is 3. The zero-order valence-electron chi connectivity index (χ0n) is 14.8. The van der Waals surface area contributed by atoms with Gasteiger partial charge >= 0.3 is 12.2 Å². The molecule has 1 atom stereocenters. The maximum atomic E-state index is 14.0. The Labute approximate surface area is 163 Å². The normalized spacial score (nSPS) is 22.8. The first kappa shape index (κ1) is 18.9.